The van der Waals surface area contributed by atoms with Gasteiger partial charge in [0.1, 0.15) is 0 Å². The second-order valence-electron chi connectivity index (χ2n) is 1.16. The standard InChI is InChI=1S/C4H7BrO2.K/c5-3-1-2-4(6)7;/h1-3H2,(H,6,7);/q;+1/p-1. The predicted octanol–water partition coefficient (Wildman–Crippen LogP) is -3.08. The van der Waals surface area contributed by atoms with E-state index in [4.69, 9.17) is 0 Å². The molecule has 0 aliphatic carbocycles. The Kier molecular flexibility index (Phi) is 13.2. The van der Waals surface area contributed by atoms with E-state index in [9.17, 15) is 9.90 Å². The molecule has 0 saturated heterocycles. The van der Waals surface area contributed by atoms with Crippen LogP contribution < -0.4 is 56.5 Å². The summed E-state index contributed by atoms with van der Waals surface area (Å²) in [4.78, 5) is 9.63. The molecule has 0 radical (unpaired) electrons. The second kappa shape index (κ2) is 8.59. The molecule has 0 aliphatic rings. The summed E-state index contributed by atoms with van der Waals surface area (Å²) in [6.45, 7) is 0. The van der Waals surface area contributed by atoms with Crippen LogP contribution in [0, 0.1) is 0 Å². The number of carbonyl (C=O) groups excluding carboxylic acids is 1. The van der Waals surface area contributed by atoms with Crippen LogP contribution in [-0.2, 0) is 4.79 Å². The third kappa shape index (κ3) is 10.5. The van der Waals surface area contributed by atoms with Gasteiger partial charge in [0.15, 0.2) is 0 Å². The molecule has 0 spiro atoms. The Morgan fingerprint density at radius 1 is 1.62 bits per heavy atom. The largest absolute Gasteiger partial charge is 1.00 e. The van der Waals surface area contributed by atoms with E-state index < -0.39 is 5.97 Å². The molecule has 42 valence electrons. The molecule has 0 N–H and O–H groups in total. The number of carbonyl (C=O) groups is 1. The third-order valence-electron chi connectivity index (χ3n) is 0.515. The maximum Gasteiger partial charge on any atom is 1.00 e. The first-order valence-corrected chi connectivity index (χ1v) is 3.15. The van der Waals surface area contributed by atoms with Gasteiger partial charge in [0, 0.05) is 11.3 Å². The van der Waals surface area contributed by atoms with Crippen molar-refractivity contribution in [3.8, 4) is 0 Å². The van der Waals surface area contributed by atoms with Gasteiger partial charge >= 0.3 is 51.4 Å². The van der Waals surface area contributed by atoms with Gasteiger partial charge in [-0.2, -0.15) is 0 Å². The molecule has 0 unspecified atom stereocenters. The van der Waals surface area contributed by atoms with Crippen molar-refractivity contribution in [1.29, 1.82) is 0 Å². The average molecular weight is 205 g/mol. The van der Waals surface area contributed by atoms with Gasteiger partial charge in [-0.1, -0.05) is 15.9 Å². The summed E-state index contributed by atoms with van der Waals surface area (Å²) in [5.41, 5.74) is 0. The molecule has 0 fully saturated rings. The number of carboxylic acid groups (broad SMARTS) is 1. The van der Waals surface area contributed by atoms with Gasteiger partial charge < -0.3 is 9.90 Å². The maximum absolute atomic E-state index is 9.63. The molecule has 0 aromatic carbocycles. The van der Waals surface area contributed by atoms with E-state index in [0.717, 1.165) is 5.33 Å². The first-order valence-electron chi connectivity index (χ1n) is 2.03. The molecule has 4 heteroatoms. The summed E-state index contributed by atoms with van der Waals surface area (Å²) in [6, 6.07) is 0. The fourth-order valence-electron chi connectivity index (χ4n) is 0.211. The van der Waals surface area contributed by atoms with Gasteiger partial charge in [0.05, 0.1) is 0 Å². The monoisotopic (exact) mass is 204 g/mol. The van der Waals surface area contributed by atoms with Crippen LogP contribution in [0.15, 0.2) is 0 Å². The molecular weight excluding hydrogens is 199 g/mol. The van der Waals surface area contributed by atoms with Gasteiger partial charge in [-0.25, -0.2) is 0 Å². The van der Waals surface area contributed by atoms with E-state index in [1.54, 1.807) is 0 Å². The van der Waals surface area contributed by atoms with Crippen molar-refractivity contribution in [3.63, 3.8) is 0 Å². The zero-order chi connectivity index (χ0) is 5.70. The number of hydrogen-bond donors (Lipinski definition) is 0. The van der Waals surface area contributed by atoms with E-state index in [1.807, 2.05) is 0 Å². The molecule has 0 amide bonds. The zero-order valence-electron chi connectivity index (χ0n) is 4.82. The summed E-state index contributed by atoms with van der Waals surface area (Å²) < 4.78 is 0. The van der Waals surface area contributed by atoms with Crippen LogP contribution in [0.1, 0.15) is 12.8 Å². The van der Waals surface area contributed by atoms with Crippen LogP contribution in [0.5, 0.6) is 0 Å². The molecule has 0 rings (SSSR count). The summed E-state index contributed by atoms with van der Waals surface area (Å²) in [5.74, 6) is -0.973. The maximum atomic E-state index is 9.63. The van der Waals surface area contributed by atoms with Gasteiger partial charge in [-0.05, 0) is 12.8 Å². The van der Waals surface area contributed by atoms with Crippen LogP contribution in [-0.4, -0.2) is 11.3 Å². The molecule has 0 bridgehead atoms. The molecule has 8 heavy (non-hydrogen) atoms. The zero-order valence-corrected chi connectivity index (χ0v) is 9.52. The molecule has 0 aromatic rings. The first kappa shape index (κ1) is 12.3. The Labute approximate surface area is 99.6 Å². The number of halogens is 1. The van der Waals surface area contributed by atoms with Gasteiger partial charge in [0.2, 0.25) is 0 Å². The van der Waals surface area contributed by atoms with Crippen molar-refractivity contribution in [1.82, 2.24) is 0 Å². The van der Waals surface area contributed by atoms with Crippen molar-refractivity contribution in [3.05, 3.63) is 0 Å². The summed E-state index contributed by atoms with van der Waals surface area (Å²) in [7, 11) is 0. The van der Waals surface area contributed by atoms with Crippen molar-refractivity contribution in [2.75, 3.05) is 5.33 Å². The topological polar surface area (TPSA) is 40.1 Å². The first-order chi connectivity index (χ1) is 3.27. The average Bonchev–Trinajstić information content (AvgIpc) is 1.61. The minimum absolute atomic E-state index is 0. The van der Waals surface area contributed by atoms with E-state index in [2.05, 4.69) is 15.9 Å². The van der Waals surface area contributed by atoms with Crippen LogP contribution in [0.3, 0.4) is 0 Å². The number of aliphatic carboxylic acids is 1. The minimum atomic E-state index is -0.973. The minimum Gasteiger partial charge on any atom is -0.550 e. The summed E-state index contributed by atoms with van der Waals surface area (Å²) >= 11 is 3.09. The number of hydrogen-bond acceptors (Lipinski definition) is 2. The SMILES string of the molecule is O=C([O-])CCCBr.[K+]. The van der Waals surface area contributed by atoms with E-state index in [-0.39, 0.29) is 57.8 Å². The van der Waals surface area contributed by atoms with Crippen LogP contribution in [0.25, 0.3) is 0 Å². The second-order valence-corrected chi connectivity index (χ2v) is 1.96. The third-order valence-corrected chi connectivity index (χ3v) is 1.08. The van der Waals surface area contributed by atoms with Crippen molar-refractivity contribution in [2.45, 2.75) is 12.8 Å². The molecule has 0 saturated carbocycles. The fraction of sp³-hybridized carbons (Fsp3) is 0.750. The van der Waals surface area contributed by atoms with Crippen LogP contribution in [0.2, 0.25) is 0 Å². The molecule has 0 atom stereocenters. The Hall–Kier alpha value is 1.59. The summed E-state index contributed by atoms with van der Waals surface area (Å²) in [5, 5.41) is 10.4. The van der Waals surface area contributed by atoms with Gasteiger partial charge in [-0.3, -0.25) is 0 Å². The van der Waals surface area contributed by atoms with Crippen LogP contribution in [0.4, 0.5) is 0 Å². The van der Waals surface area contributed by atoms with E-state index in [0.29, 0.717) is 6.42 Å². The Morgan fingerprint density at radius 3 is 2.25 bits per heavy atom. The molecule has 0 aliphatic heterocycles. The number of carboxylic acids is 1. The molecule has 2 nitrogen and oxygen atoms in total. The van der Waals surface area contributed by atoms with Crippen molar-refractivity contribution in [2.24, 2.45) is 0 Å². The Morgan fingerprint density at radius 2 is 2.12 bits per heavy atom. The smallest absolute Gasteiger partial charge is 0.550 e. The number of alkyl halides is 1. The molecule has 0 heterocycles. The molecular formula is C4H6BrKO2. The summed E-state index contributed by atoms with van der Waals surface area (Å²) in [6.07, 6.45) is 0.813. The molecule has 0 aromatic heterocycles. The Bertz CT molecular complexity index is 67.1. The van der Waals surface area contributed by atoms with Crippen LogP contribution >= 0.6 is 15.9 Å². The van der Waals surface area contributed by atoms with E-state index in [1.165, 1.54) is 0 Å². The Balaban J connectivity index is 0. The fourth-order valence-corrected chi connectivity index (χ4v) is 0.492. The number of rotatable bonds is 3. The predicted molar refractivity (Wildman–Crippen MR) is 28.0 cm³/mol. The van der Waals surface area contributed by atoms with Crippen molar-refractivity contribution < 1.29 is 61.3 Å². The van der Waals surface area contributed by atoms with E-state index >= 15 is 0 Å². The van der Waals surface area contributed by atoms with Crippen molar-refractivity contribution >= 4 is 21.9 Å². The van der Waals surface area contributed by atoms with Gasteiger partial charge in [0.25, 0.3) is 0 Å². The normalized spacial score (nSPS) is 7.62. The quantitative estimate of drug-likeness (QED) is 0.362. The van der Waals surface area contributed by atoms with Gasteiger partial charge in [-0.15, -0.1) is 0 Å².